The van der Waals surface area contributed by atoms with E-state index in [1.54, 1.807) is 11.3 Å². The van der Waals surface area contributed by atoms with Crippen molar-refractivity contribution in [1.82, 2.24) is 4.98 Å². The number of carbonyl (C=O) groups is 1. The van der Waals surface area contributed by atoms with Crippen LogP contribution in [0.15, 0.2) is 35.7 Å². The Hall–Kier alpha value is -1.68. The van der Waals surface area contributed by atoms with Gasteiger partial charge < -0.3 is 0 Å². The highest BCUT2D eigenvalue weighted by atomic mass is 32.1. The monoisotopic (exact) mass is 352 g/mol. The van der Waals surface area contributed by atoms with E-state index in [0.717, 1.165) is 29.3 Å². The van der Waals surface area contributed by atoms with Crippen LogP contribution in [0, 0.1) is 23.2 Å². The van der Waals surface area contributed by atoms with Crippen molar-refractivity contribution >= 4 is 22.4 Å². The number of anilines is 1. The summed E-state index contributed by atoms with van der Waals surface area (Å²) in [5.41, 5.74) is 2.36. The number of aromatic nitrogens is 1. The van der Waals surface area contributed by atoms with Gasteiger partial charge >= 0.3 is 0 Å². The fraction of sp³-hybridized carbons (Fsp3) is 0.524. The summed E-state index contributed by atoms with van der Waals surface area (Å²) in [7, 11) is 0. The summed E-state index contributed by atoms with van der Waals surface area (Å²) in [6.07, 6.45) is 9.76. The second kappa shape index (κ2) is 5.94. The summed E-state index contributed by atoms with van der Waals surface area (Å²) < 4.78 is 0. The van der Waals surface area contributed by atoms with Crippen molar-refractivity contribution < 1.29 is 4.79 Å². The highest BCUT2D eigenvalue weighted by Crippen LogP contribution is 2.61. The van der Waals surface area contributed by atoms with Crippen LogP contribution in [0.25, 0.3) is 0 Å². The van der Waals surface area contributed by atoms with Crippen molar-refractivity contribution in [3.05, 3.63) is 47.0 Å². The van der Waals surface area contributed by atoms with Gasteiger partial charge in [0.25, 0.3) is 5.91 Å². The number of benzene rings is 1. The van der Waals surface area contributed by atoms with Gasteiger partial charge in [0.1, 0.15) is 0 Å². The second-order valence-electron chi connectivity index (χ2n) is 8.56. The van der Waals surface area contributed by atoms with E-state index in [2.05, 4.69) is 10.7 Å². The molecular formula is C21H24N2OS. The number of amides is 1. The van der Waals surface area contributed by atoms with Gasteiger partial charge in [-0.1, -0.05) is 18.2 Å². The molecule has 0 radical (unpaired) electrons. The van der Waals surface area contributed by atoms with Gasteiger partial charge in [0, 0.05) is 10.9 Å². The lowest BCUT2D eigenvalue weighted by molar-refractivity contribution is -0.0525. The van der Waals surface area contributed by atoms with Crippen LogP contribution >= 0.6 is 11.3 Å². The zero-order valence-electron chi connectivity index (χ0n) is 14.4. The topological polar surface area (TPSA) is 42.0 Å². The van der Waals surface area contributed by atoms with Crippen molar-refractivity contribution in [3.63, 3.8) is 0 Å². The maximum Gasteiger partial charge on any atom is 0.257 e. The van der Waals surface area contributed by atoms with Gasteiger partial charge in [-0.05, 0) is 80.2 Å². The highest BCUT2D eigenvalue weighted by Gasteiger charge is 2.50. The van der Waals surface area contributed by atoms with Gasteiger partial charge in [-0.3, -0.25) is 10.1 Å². The summed E-state index contributed by atoms with van der Waals surface area (Å²) in [5, 5.41) is 5.84. The zero-order chi connectivity index (χ0) is 16.9. The minimum absolute atomic E-state index is 0.0729. The van der Waals surface area contributed by atoms with E-state index in [0.29, 0.717) is 11.0 Å². The van der Waals surface area contributed by atoms with E-state index >= 15 is 0 Å². The third-order valence-electron chi connectivity index (χ3n) is 6.53. The molecule has 130 valence electrons. The Labute approximate surface area is 152 Å². The lowest BCUT2D eigenvalue weighted by atomic mass is 9.48. The van der Waals surface area contributed by atoms with Crippen LogP contribution in [0.5, 0.6) is 0 Å². The van der Waals surface area contributed by atoms with Crippen molar-refractivity contribution in [2.75, 3.05) is 5.32 Å². The minimum atomic E-state index is -0.0729. The minimum Gasteiger partial charge on any atom is -0.298 e. The molecule has 4 aliphatic carbocycles. The largest absolute Gasteiger partial charge is 0.298 e. The molecule has 1 aromatic carbocycles. The molecule has 1 aromatic heterocycles. The standard InChI is InChI=1S/C21H24N2OS/c24-19(17-4-2-1-3-5-17)23-20-22-18(13-25-20)12-21-9-14-6-15(10-21)8-16(7-14)11-21/h1-5,13-16H,6-12H2,(H,22,23,24). The predicted octanol–water partition coefficient (Wildman–Crippen LogP) is 5.15. The number of rotatable bonds is 4. The Balaban J connectivity index is 1.28. The van der Waals surface area contributed by atoms with Gasteiger partial charge in [0.2, 0.25) is 0 Å². The molecule has 1 amide bonds. The van der Waals surface area contributed by atoms with Crippen LogP contribution in [0.1, 0.15) is 54.6 Å². The van der Waals surface area contributed by atoms with Gasteiger partial charge in [0.05, 0.1) is 5.69 Å². The molecule has 4 saturated carbocycles. The van der Waals surface area contributed by atoms with E-state index < -0.39 is 0 Å². The molecule has 3 nitrogen and oxygen atoms in total. The second-order valence-corrected chi connectivity index (χ2v) is 9.42. The van der Waals surface area contributed by atoms with Crippen LogP contribution in [0.3, 0.4) is 0 Å². The van der Waals surface area contributed by atoms with Gasteiger partial charge in [0.15, 0.2) is 5.13 Å². The fourth-order valence-electron chi connectivity index (χ4n) is 6.10. The van der Waals surface area contributed by atoms with Crippen molar-refractivity contribution in [1.29, 1.82) is 0 Å². The molecule has 4 bridgehead atoms. The Morgan fingerprint density at radius 2 is 1.72 bits per heavy atom. The number of nitrogens with zero attached hydrogens (tertiary/aromatic N) is 1. The first kappa shape index (κ1) is 15.6. The van der Waals surface area contributed by atoms with E-state index in [-0.39, 0.29) is 5.91 Å². The molecule has 4 aliphatic rings. The maximum atomic E-state index is 12.3. The van der Waals surface area contributed by atoms with Crippen molar-refractivity contribution in [2.24, 2.45) is 23.2 Å². The highest BCUT2D eigenvalue weighted by molar-refractivity contribution is 7.14. The van der Waals surface area contributed by atoms with Gasteiger partial charge in [-0.25, -0.2) is 4.98 Å². The van der Waals surface area contributed by atoms with Crippen molar-refractivity contribution in [2.45, 2.75) is 44.9 Å². The molecule has 1 N–H and O–H groups in total. The summed E-state index contributed by atoms with van der Waals surface area (Å²) in [4.78, 5) is 17.0. The Kier molecular flexibility index (Phi) is 3.70. The molecule has 0 saturated heterocycles. The quantitative estimate of drug-likeness (QED) is 0.826. The summed E-state index contributed by atoms with van der Waals surface area (Å²) in [6, 6.07) is 9.35. The van der Waals surface area contributed by atoms with E-state index in [9.17, 15) is 4.79 Å². The normalized spacial score (nSPS) is 32.7. The Morgan fingerprint density at radius 1 is 1.08 bits per heavy atom. The smallest absolute Gasteiger partial charge is 0.257 e. The first-order valence-electron chi connectivity index (χ1n) is 9.48. The number of hydrogen-bond donors (Lipinski definition) is 1. The van der Waals surface area contributed by atoms with Crippen LogP contribution in [-0.2, 0) is 6.42 Å². The van der Waals surface area contributed by atoms with E-state index in [4.69, 9.17) is 4.98 Å². The number of carbonyl (C=O) groups excluding carboxylic acids is 1. The first-order chi connectivity index (χ1) is 12.2. The lowest BCUT2D eigenvalue weighted by Gasteiger charge is -2.56. The summed E-state index contributed by atoms with van der Waals surface area (Å²) in [5.74, 6) is 2.85. The number of thiazole rings is 1. The maximum absolute atomic E-state index is 12.3. The lowest BCUT2D eigenvalue weighted by Crippen LogP contribution is -2.47. The van der Waals surface area contributed by atoms with Gasteiger partial charge in [-0.2, -0.15) is 0 Å². The molecule has 4 fully saturated rings. The molecule has 25 heavy (non-hydrogen) atoms. The summed E-state index contributed by atoms with van der Waals surface area (Å²) >= 11 is 1.56. The molecule has 2 aromatic rings. The third-order valence-corrected chi connectivity index (χ3v) is 7.34. The molecule has 1 heterocycles. The summed E-state index contributed by atoms with van der Waals surface area (Å²) in [6.45, 7) is 0. The van der Waals surface area contributed by atoms with Gasteiger partial charge in [-0.15, -0.1) is 11.3 Å². The fourth-order valence-corrected chi connectivity index (χ4v) is 6.80. The molecule has 0 unspecified atom stereocenters. The predicted molar refractivity (Wildman–Crippen MR) is 101 cm³/mol. The Morgan fingerprint density at radius 3 is 2.36 bits per heavy atom. The number of hydrogen-bond acceptors (Lipinski definition) is 3. The zero-order valence-corrected chi connectivity index (χ0v) is 15.2. The molecular weight excluding hydrogens is 328 g/mol. The molecule has 0 atom stereocenters. The number of nitrogens with one attached hydrogen (secondary N) is 1. The molecule has 4 heteroatoms. The van der Waals surface area contributed by atoms with Crippen LogP contribution in [-0.4, -0.2) is 10.9 Å². The van der Waals surface area contributed by atoms with E-state index in [1.165, 1.54) is 44.2 Å². The van der Waals surface area contributed by atoms with Crippen LogP contribution < -0.4 is 5.32 Å². The molecule has 6 rings (SSSR count). The van der Waals surface area contributed by atoms with Crippen molar-refractivity contribution in [3.8, 4) is 0 Å². The third kappa shape index (κ3) is 3.01. The SMILES string of the molecule is O=C(Nc1nc(CC23CC4CC(CC(C4)C2)C3)cs1)c1ccccc1. The first-order valence-corrected chi connectivity index (χ1v) is 10.4. The molecule has 0 spiro atoms. The average Bonchev–Trinajstić information content (AvgIpc) is 3.00. The van der Waals surface area contributed by atoms with Crippen LogP contribution in [0.2, 0.25) is 0 Å². The van der Waals surface area contributed by atoms with Crippen LogP contribution in [0.4, 0.5) is 5.13 Å². The van der Waals surface area contributed by atoms with E-state index in [1.807, 2.05) is 30.3 Å². The average molecular weight is 353 g/mol. The Bertz CT molecular complexity index is 747. The molecule has 0 aliphatic heterocycles.